The largest absolute Gasteiger partial charge is 0.495 e. The van der Waals surface area contributed by atoms with Gasteiger partial charge in [0.15, 0.2) is 0 Å². The first-order valence-corrected chi connectivity index (χ1v) is 5.90. The van der Waals surface area contributed by atoms with Crippen molar-refractivity contribution >= 4 is 21.6 Å². The van der Waals surface area contributed by atoms with Crippen LogP contribution in [0.25, 0.3) is 0 Å². The summed E-state index contributed by atoms with van der Waals surface area (Å²) in [6.07, 6.45) is 0. The number of likely N-dealkylation sites (N-methyl/N-ethyl adjacent to an activating group) is 1. The molecule has 1 rings (SSSR count). The molecule has 0 heterocycles. The summed E-state index contributed by atoms with van der Waals surface area (Å²) >= 11 is 3.44. The van der Waals surface area contributed by atoms with Gasteiger partial charge in [-0.15, -0.1) is 0 Å². The Bertz CT molecular complexity index is 366. The van der Waals surface area contributed by atoms with E-state index in [2.05, 4.69) is 15.9 Å². The fraction of sp³-hybridized carbons (Fsp3) is 0.500. The number of ether oxygens (including phenoxy) is 1. The SMILES string of the molecule is COc1ccc(Br)cc1N(C)C(C)(C)CO. The Hall–Kier alpha value is -0.740. The van der Waals surface area contributed by atoms with E-state index in [1.807, 2.05) is 44.0 Å². The van der Waals surface area contributed by atoms with Gasteiger partial charge in [0.2, 0.25) is 0 Å². The Kier molecular flexibility index (Phi) is 4.21. The number of hydrogen-bond acceptors (Lipinski definition) is 3. The second-order valence-corrected chi connectivity index (χ2v) is 5.26. The van der Waals surface area contributed by atoms with Crippen LogP contribution in [0, 0.1) is 0 Å². The Balaban J connectivity index is 3.16. The molecule has 90 valence electrons. The Morgan fingerprint density at radius 2 is 2.06 bits per heavy atom. The normalized spacial score (nSPS) is 11.4. The molecule has 0 aliphatic heterocycles. The predicted molar refractivity (Wildman–Crippen MR) is 70.3 cm³/mol. The van der Waals surface area contributed by atoms with Crippen molar-refractivity contribution in [1.29, 1.82) is 0 Å². The van der Waals surface area contributed by atoms with E-state index in [9.17, 15) is 5.11 Å². The highest BCUT2D eigenvalue weighted by Gasteiger charge is 2.25. The Labute approximate surface area is 105 Å². The van der Waals surface area contributed by atoms with Crippen molar-refractivity contribution in [2.24, 2.45) is 0 Å². The molecule has 0 aromatic heterocycles. The highest BCUT2D eigenvalue weighted by atomic mass is 79.9. The molecule has 0 unspecified atom stereocenters. The van der Waals surface area contributed by atoms with Gasteiger partial charge in [-0.1, -0.05) is 15.9 Å². The molecule has 1 aromatic rings. The number of hydrogen-bond donors (Lipinski definition) is 1. The van der Waals surface area contributed by atoms with Crippen molar-refractivity contribution < 1.29 is 9.84 Å². The molecule has 0 spiro atoms. The van der Waals surface area contributed by atoms with Gasteiger partial charge in [-0.05, 0) is 32.0 Å². The minimum absolute atomic E-state index is 0.0825. The molecular formula is C12H18BrNO2. The number of halogens is 1. The van der Waals surface area contributed by atoms with Crippen molar-refractivity contribution in [3.05, 3.63) is 22.7 Å². The highest BCUT2D eigenvalue weighted by Crippen LogP contribution is 2.34. The number of nitrogens with zero attached hydrogens (tertiary/aromatic N) is 1. The first kappa shape index (κ1) is 13.3. The first-order valence-electron chi connectivity index (χ1n) is 5.10. The van der Waals surface area contributed by atoms with E-state index in [1.54, 1.807) is 7.11 Å². The van der Waals surface area contributed by atoms with Gasteiger partial charge in [-0.2, -0.15) is 0 Å². The lowest BCUT2D eigenvalue weighted by Crippen LogP contribution is -2.44. The van der Waals surface area contributed by atoms with Crippen molar-refractivity contribution in [3.63, 3.8) is 0 Å². The molecule has 0 aliphatic rings. The molecule has 0 radical (unpaired) electrons. The molecule has 3 nitrogen and oxygen atoms in total. The Morgan fingerprint density at radius 1 is 1.44 bits per heavy atom. The van der Waals surface area contributed by atoms with Crippen LogP contribution in [0.3, 0.4) is 0 Å². The smallest absolute Gasteiger partial charge is 0.142 e. The van der Waals surface area contributed by atoms with E-state index in [0.717, 1.165) is 15.9 Å². The van der Waals surface area contributed by atoms with Crippen molar-refractivity contribution in [2.45, 2.75) is 19.4 Å². The molecule has 1 aromatic carbocycles. The van der Waals surface area contributed by atoms with Crippen LogP contribution >= 0.6 is 15.9 Å². The molecule has 16 heavy (non-hydrogen) atoms. The predicted octanol–water partition coefficient (Wildman–Crippen LogP) is 2.66. The summed E-state index contributed by atoms with van der Waals surface area (Å²) in [4.78, 5) is 2.01. The van der Waals surface area contributed by atoms with Crippen molar-refractivity contribution in [2.75, 3.05) is 25.7 Å². The van der Waals surface area contributed by atoms with E-state index in [0.29, 0.717) is 0 Å². The third kappa shape index (κ3) is 2.68. The zero-order valence-corrected chi connectivity index (χ0v) is 11.7. The average Bonchev–Trinajstić information content (AvgIpc) is 2.28. The lowest BCUT2D eigenvalue weighted by Gasteiger charge is -2.36. The summed E-state index contributed by atoms with van der Waals surface area (Å²) in [5.41, 5.74) is 0.629. The molecule has 0 atom stereocenters. The second kappa shape index (κ2) is 5.06. The standard InChI is InChI=1S/C12H18BrNO2/c1-12(2,8-15)14(3)10-7-9(13)5-6-11(10)16-4/h5-7,15H,8H2,1-4H3. The maximum absolute atomic E-state index is 9.36. The van der Waals surface area contributed by atoms with E-state index in [1.165, 1.54) is 0 Å². The van der Waals surface area contributed by atoms with Gasteiger partial charge in [0.1, 0.15) is 5.75 Å². The Morgan fingerprint density at radius 3 is 2.56 bits per heavy atom. The minimum atomic E-state index is -0.325. The topological polar surface area (TPSA) is 32.7 Å². The summed E-state index contributed by atoms with van der Waals surface area (Å²) in [6.45, 7) is 4.04. The van der Waals surface area contributed by atoms with Crippen LogP contribution in [0.5, 0.6) is 5.75 Å². The molecule has 0 aliphatic carbocycles. The van der Waals surface area contributed by atoms with Crippen molar-refractivity contribution in [1.82, 2.24) is 0 Å². The van der Waals surface area contributed by atoms with E-state index in [-0.39, 0.29) is 12.1 Å². The number of aliphatic hydroxyl groups is 1. The summed E-state index contributed by atoms with van der Waals surface area (Å²) in [7, 11) is 3.59. The molecule has 0 fully saturated rings. The van der Waals surface area contributed by atoms with E-state index in [4.69, 9.17) is 4.74 Å². The average molecular weight is 288 g/mol. The third-order valence-electron chi connectivity index (χ3n) is 2.80. The van der Waals surface area contributed by atoms with Crippen LogP contribution in [0.2, 0.25) is 0 Å². The quantitative estimate of drug-likeness (QED) is 0.924. The van der Waals surface area contributed by atoms with Crippen molar-refractivity contribution in [3.8, 4) is 5.75 Å². The number of aliphatic hydroxyl groups excluding tert-OH is 1. The van der Waals surface area contributed by atoms with Crippen LogP contribution < -0.4 is 9.64 Å². The number of rotatable bonds is 4. The van der Waals surface area contributed by atoms with E-state index >= 15 is 0 Å². The minimum Gasteiger partial charge on any atom is -0.495 e. The van der Waals surface area contributed by atoms with Gasteiger partial charge < -0.3 is 14.7 Å². The van der Waals surface area contributed by atoms with Gasteiger partial charge >= 0.3 is 0 Å². The number of methoxy groups -OCH3 is 1. The fourth-order valence-electron chi connectivity index (χ4n) is 1.36. The monoisotopic (exact) mass is 287 g/mol. The summed E-state index contributed by atoms with van der Waals surface area (Å²) in [5, 5.41) is 9.36. The molecule has 0 saturated heterocycles. The third-order valence-corrected chi connectivity index (χ3v) is 3.29. The van der Waals surface area contributed by atoms with Crippen LogP contribution in [-0.2, 0) is 0 Å². The molecule has 0 amide bonds. The van der Waals surface area contributed by atoms with Gasteiger partial charge in [-0.3, -0.25) is 0 Å². The van der Waals surface area contributed by atoms with Crippen LogP contribution in [0.4, 0.5) is 5.69 Å². The van der Waals surface area contributed by atoms with E-state index < -0.39 is 0 Å². The first-order chi connectivity index (χ1) is 7.42. The molecule has 1 N–H and O–H groups in total. The number of benzene rings is 1. The fourth-order valence-corrected chi connectivity index (χ4v) is 1.71. The number of anilines is 1. The second-order valence-electron chi connectivity index (χ2n) is 4.35. The zero-order chi connectivity index (χ0) is 12.3. The highest BCUT2D eigenvalue weighted by molar-refractivity contribution is 9.10. The van der Waals surface area contributed by atoms with Crippen LogP contribution in [0.1, 0.15) is 13.8 Å². The maximum atomic E-state index is 9.36. The van der Waals surface area contributed by atoms with Gasteiger partial charge in [0, 0.05) is 11.5 Å². The summed E-state index contributed by atoms with van der Waals surface area (Å²) in [6, 6.07) is 5.82. The maximum Gasteiger partial charge on any atom is 0.142 e. The van der Waals surface area contributed by atoms with Crippen LogP contribution in [-0.4, -0.2) is 31.4 Å². The zero-order valence-electron chi connectivity index (χ0n) is 10.1. The van der Waals surface area contributed by atoms with Gasteiger partial charge in [-0.25, -0.2) is 0 Å². The molecular weight excluding hydrogens is 270 g/mol. The lowest BCUT2D eigenvalue weighted by atomic mass is 10.0. The lowest BCUT2D eigenvalue weighted by molar-refractivity contribution is 0.215. The van der Waals surface area contributed by atoms with Crippen LogP contribution in [0.15, 0.2) is 22.7 Å². The molecule has 0 bridgehead atoms. The summed E-state index contributed by atoms with van der Waals surface area (Å²) in [5.74, 6) is 0.798. The van der Waals surface area contributed by atoms with Gasteiger partial charge in [0.25, 0.3) is 0 Å². The molecule has 4 heteroatoms. The summed E-state index contributed by atoms with van der Waals surface area (Å²) < 4.78 is 6.31. The molecule has 0 saturated carbocycles. The van der Waals surface area contributed by atoms with Gasteiger partial charge in [0.05, 0.1) is 24.9 Å².